The van der Waals surface area contributed by atoms with Crippen LogP contribution in [0.3, 0.4) is 0 Å². The number of halogens is 2. The van der Waals surface area contributed by atoms with Crippen molar-refractivity contribution in [3.63, 3.8) is 0 Å². The molecule has 24 heavy (non-hydrogen) atoms. The Kier molecular flexibility index (Phi) is 5.23. The SMILES string of the molecule is O=C(O)c1cccnc1CN1CCC(Oc2ccc(Cl)c(Cl)c2)C1. The summed E-state index contributed by atoms with van der Waals surface area (Å²) in [6.45, 7) is 2.02. The number of hydrogen-bond acceptors (Lipinski definition) is 4. The predicted molar refractivity (Wildman–Crippen MR) is 92.0 cm³/mol. The third kappa shape index (κ3) is 3.98. The quantitative estimate of drug-likeness (QED) is 0.872. The number of hydrogen-bond donors (Lipinski definition) is 1. The minimum atomic E-state index is -0.957. The average Bonchev–Trinajstić information content (AvgIpc) is 2.98. The van der Waals surface area contributed by atoms with Crippen LogP contribution in [-0.4, -0.2) is 40.2 Å². The number of aromatic carboxylic acids is 1. The highest BCUT2D eigenvalue weighted by Gasteiger charge is 2.25. The molecule has 1 aliphatic heterocycles. The first kappa shape index (κ1) is 17.0. The highest BCUT2D eigenvalue weighted by atomic mass is 35.5. The first-order valence-electron chi connectivity index (χ1n) is 7.54. The molecule has 0 saturated carbocycles. The second-order valence-electron chi connectivity index (χ2n) is 5.64. The van der Waals surface area contributed by atoms with Gasteiger partial charge in [-0.3, -0.25) is 9.88 Å². The van der Waals surface area contributed by atoms with Crippen LogP contribution in [0.5, 0.6) is 5.75 Å². The molecular weight excluding hydrogens is 351 g/mol. The minimum absolute atomic E-state index is 0.0271. The van der Waals surface area contributed by atoms with E-state index in [1.54, 1.807) is 36.5 Å². The highest BCUT2D eigenvalue weighted by Crippen LogP contribution is 2.28. The summed E-state index contributed by atoms with van der Waals surface area (Å²) in [5.41, 5.74) is 0.812. The molecular formula is C17H16Cl2N2O3. The van der Waals surface area contributed by atoms with E-state index in [0.29, 0.717) is 34.6 Å². The first-order valence-corrected chi connectivity index (χ1v) is 8.30. The predicted octanol–water partition coefficient (Wildman–Crippen LogP) is 3.74. The number of pyridine rings is 1. The number of ether oxygens (including phenoxy) is 1. The van der Waals surface area contributed by atoms with Crippen LogP contribution in [0.15, 0.2) is 36.5 Å². The molecule has 126 valence electrons. The largest absolute Gasteiger partial charge is 0.489 e. The lowest BCUT2D eigenvalue weighted by Crippen LogP contribution is -2.25. The summed E-state index contributed by atoms with van der Waals surface area (Å²) in [6, 6.07) is 8.41. The Morgan fingerprint density at radius 2 is 2.17 bits per heavy atom. The van der Waals surface area contributed by atoms with E-state index in [1.165, 1.54) is 0 Å². The van der Waals surface area contributed by atoms with Gasteiger partial charge in [-0.1, -0.05) is 23.2 Å². The molecule has 1 fully saturated rings. The van der Waals surface area contributed by atoms with Crippen LogP contribution in [0, 0.1) is 0 Å². The lowest BCUT2D eigenvalue weighted by Gasteiger charge is -2.17. The van der Waals surface area contributed by atoms with E-state index >= 15 is 0 Å². The number of carbonyl (C=O) groups is 1. The molecule has 0 radical (unpaired) electrons. The van der Waals surface area contributed by atoms with Crippen molar-refractivity contribution in [2.24, 2.45) is 0 Å². The maximum Gasteiger partial charge on any atom is 0.337 e. The van der Waals surface area contributed by atoms with E-state index in [0.717, 1.165) is 13.0 Å². The van der Waals surface area contributed by atoms with Gasteiger partial charge in [-0.05, 0) is 30.7 Å². The van der Waals surface area contributed by atoms with Gasteiger partial charge >= 0.3 is 5.97 Å². The fourth-order valence-electron chi connectivity index (χ4n) is 2.75. The molecule has 1 saturated heterocycles. The molecule has 1 aliphatic rings. The van der Waals surface area contributed by atoms with Gasteiger partial charge in [0.2, 0.25) is 0 Å². The minimum Gasteiger partial charge on any atom is -0.489 e. The van der Waals surface area contributed by atoms with E-state index in [1.807, 2.05) is 0 Å². The van der Waals surface area contributed by atoms with E-state index in [4.69, 9.17) is 27.9 Å². The van der Waals surface area contributed by atoms with Crippen LogP contribution < -0.4 is 4.74 Å². The summed E-state index contributed by atoms with van der Waals surface area (Å²) in [5, 5.41) is 10.2. The van der Waals surface area contributed by atoms with E-state index in [2.05, 4.69) is 9.88 Å². The van der Waals surface area contributed by atoms with Crippen LogP contribution in [0.2, 0.25) is 10.0 Å². The fourth-order valence-corrected chi connectivity index (χ4v) is 3.04. The van der Waals surface area contributed by atoms with Crippen LogP contribution in [0.1, 0.15) is 22.5 Å². The molecule has 1 N–H and O–H groups in total. The van der Waals surface area contributed by atoms with Gasteiger partial charge in [0.05, 0.1) is 21.3 Å². The number of carboxylic acids is 1. The summed E-state index contributed by atoms with van der Waals surface area (Å²) in [6.07, 6.45) is 2.50. The van der Waals surface area contributed by atoms with E-state index < -0.39 is 5.97 Å². The second-order valence-corrected chi connectivity index (χ2v) is 6.46. The normalized spacial score (nSPS) is 17.8. The lowest BCUT2D eigenvalue weighted by molar-refractivity contribution is 0.0694. The number of rotatable bonds is 5. The Balaban J connectivity index is 1.61. The Morgan fingerprint density at radius 3 is 2.92 bits per heavy atom. The summed E-state index contributed by atoms with van der Waals surface area (Å²) in [5.74, 6) is -0.277. The van der Waals surface area contributed by atoms with Gasteiger partial charge in [-0.15, -0.1) is 0 Å². The van der Waals surface area contributed by atoms with Crippen molar-refractivity contribution in [1.29, 1.82) is 0 Å². The number of aromatic nitrogens is 1. The van der Waals surface area contributed by atoms with Gasteiger partial charge < -0.3 is 9.84 Å². The van der Waals surface area contributed by atoms with Crippen molar-refractivity contribution in [3.8, 4) is 5.75 Å². The van der Waals surface area contributed by atoms with Gasteiger partial charge in [0.1, 0.15) is 11.9 Å². The van der Waals surface area contributed by atoms with Crippen LogP contribution >= 0.6 is 23.2 Å². The lowest BCUT2D eigenvalue weighted by atomic mass is 10.2. The number of likely N-dealkylation sites (tertiary alicyclic amines) is 1. The zero-order valence-electron chi connectivity index (χ0n) is 12.8. The molecule has 0 bridgehead atoms. The van der Waals surface area contributed by atoms with Crippen molar-refractivity contribution in [2.75, 3.05) is 13.1 Å². The summed E-state index contributed by atoms with van der Waals surface area (Å²) < 4.78 is 5.94. The topological polar surface area (TPSA) is 62.7 Å². The van der Waals surface area contributed by atoms with Crippen molar-refractivity contribution < 1.29 is 14.6 Å². The Bertz CT molecular complexity index is 754. The zero-order valence-corrected chi connectivity index (χ0v) is 14.3. The zero-order chi connectivity index (χ0) is 17.1. The summed E-state index contributed by atoms with van der Waals surface area (Å²) in [4.78, 5) is 17.6. The molecule has 2 heterocycles. The Hall–Kier alpha value is -1.82. The van der Waals surface area contributed by atoms with Gasteiger partial charge in [-0.25, -0.2) is 4.79 Å². The molecule has 3 rings (SSSR count). The van der Waals surface area contributed by atoms with Crippen LogP contribution in [0.4, 0.5) is 0 Å². The van der Waals surface area contributed by atoms with E-state index in [9.17, 15) is 9.90 Å². The van der Waals surface area contributed by atoms with Gasteiger partial charge in [0, 0.05) is 31.9 Å². The Labute approximate surface area is 149 Å². The van der Waals surface area contributed by atoms with E-state index in [-0.39, 0.29) is 11.7 Å². The van der Waals surface area contributed by atoms with Crippen molar-refractivity contribution >= 4 is 29.2 Å². The molecule has 1 atom stereocenters. The van der Waals surface area contributed by atoms with Crippen LogP contribution in [-0.2, 0) is 6.54 Å². The van der Waals surface area contributed by atoms with Crippen molar-refractivity contribution in [3.05, 3.63) is 57.8 Å². The number of nitrogens with zero attached hydrogens (tertiary/aromatic N) is 2. The third-order valence-electron chi connectivity index (χ3n) is 3.92. The monoisotopic (exact) mass is 366 g/mol. The summed E-state index contributed by atoms with van der Waals surface area (Å²) >= 11 is 11.9. The standard InChI is InChI=1S/C17H16Cl2N2O3/c18-14-4-3-11(8-15(14)19)24-12-5-7-21(9-12)10-16-13(17(22)23)2-1-6-20-16/h1-4,6,8,12H,5,7,9-10H2,(H,22,23). The highest BCUT2D eigenvalue weighted by molar-refractivity contribution is 6.42. The maximum absolute atomic E-state index is 11.3. The average molecular weight is 367 g/mol. The van der Waals surface area contributed by atoms with Gasteiger partial charge in [0.25, 0.3) is 0 Å². The second kappa shape index (κ2) is 7.38. The van der Waals surface area contributed by atoms with Gasteiger partial charge in [-0.2, -0.15) is 0 Å². The molecule has 7 heteroatoms. The van der Waals surface area contributed by atoms with Crippen LogP contribution in [0.25, 0.3) is 0 Å². The molecule has 1 aromatic heterocycles. The molecule has 0 amide bonds. The molecule has 1 aromatic carbocycles. The van der Waals surface area contributed by atoms with Crippen molar-refractivity contribution in [2.45, 2.75) is 19.1 Å². The molecule has 5 nitrogen and oxygen atoms in total. The van der Waals surface area contributed by atoms with Gasteiger partial charge in [0.15, 0.2) is 0 Å². The third-order valence-corrected chi connectivity index (χ3v) is 4.66. The fraction of sp³-hybridized carbons (Fsp3) is 0.294. The molecule has 2 aromatic rings. The maximum atomic E-state index is 11.3. The smallest absolute Gasteiger partial charge is 0.337 e. The molecule has 0 spiro atoms. The first-order chi connectivity index (χ1) is 11.5. The van der Waals surface area contributed by atoms with Crippen molar-refractivity contribution in [1.82, 2.24) is 9.88 Å². The molecule has 1 unspecified atom stereocenters. The Morgan fingerprint density at radius 1 is 1.33 bits per heavy atom. The molecule has 0 aliphatic carbocycles. The number of benzene rings is 1. The number of carboxylic acid groups (broad SMARTS) is 1. The summed E-state index contributed by atoms with van der Waals surface area (Å²) in [7, 11) is 0.